The highest BCUT2D eigenvalue weighted by Gasteiger charge is 2.18. The van der Waals surface area contributed by atoms with Crippen molar-refractivity contribution < 1.29 is 37.8 Å². The van der Waals surface area contributed by atoms with Crippen molar-refractivity contribution in [3.8, 4) is 17.3 Å². The summed E-state index contributed by atoms with van der Waals surface area (Å²) in [5, 5.41) is 57.4. The van der Waals surface area contributed by atoms with E-state index < -0.39 is 10.1 Å². The average molecular weight is 660 g/mol. The van der Waals surface area contributed by atoms with Gasteiger partial charge in [-0.2, -0.15) is 23.3 Å². The van der Waals surface area contributed by atoms with E-state index in [1.165, 1.54) is 24.3 Å². The summed E-state index contributed by atoms with van der Waals surface area (Å²) in [6.07, 6.45) is 1.64. The normalized spacial score (nSPS) is 12.2. The van der Waals surface area contributed by atoms with Gasteiger partial charge in [0.1, 0.15) is 11.4 Å². The molecule has 2 aromatic heterocycles. The van der Waals surface area contributed by atoms with Crippen LogP contribution in [0.3, 0.4) is 0 Å². The van der Waals surface area contributed by atoms with Gasteiger partial charge in [-0.25, -0.2) is 5.26 Å². The molecular formula is C29H21N7O8S2. The number of aromatic hydroxyl groups is 2. The van der Waals surface area contributed by atoms with Crippen molar-refractivity contribution in [1.82, 2.24) is 14.8 Å². The summed E-state index contributed by atoms with van der Waals surface area (Å²) in [4.78, 5) is 4.30. The Morgan fingerprint density at radius 3 is 2.39 bits per heavy atom. The van der Waals surface area contributed by atoms with Crippen LogP contribution in [-0.4, -0.2) is 43.2 Å². The first-order valence-electron chi connectivity index (χ1n) is 13.1. The van der Waals surface area contributed by atoms with Crippen LogP contribution in [-0.2, 0) is 19.5 Å². The molecule has 15 nitrogen and oxygen atoms in total. The molecule has 232 valence electrons. The van der Waals surface area contributed by atoms with Crippen LogP contribution in [0.1, 0.15) is 5.69 Å². The molecule has 0 amide bonds. The van der Waals surface area contributed by atoms with E-state index in [1.807, 2.05) is 18.2 Å². The van der Waals surface area contributed by atoms with Crippen molar-refractivity contribution in [2.75, 3.05) is 0 Å². The Morgan fingerprint density at radius 1 is 0.870 bits per heavy atom. The molecule has 0 unspecified atom stereocenters. The molecule has 0 aliphatic rings. The molecule has 17 heteroatoms. The summed E-state index contributed by atoms with van der Waals surface area (Å²) in [5.41, 5.74) is 2.20. The zero-order valence-corrected chi connectivity index (χ0v) is 25.1. The second-order valence-corrected chi connectivity index (χ2v) is 11.8. The summed E-state index contributed by atoms with van der Waals surface area (Å²) in [7, 11) is -4.38. The minimum Gasteiger partial charge on any atom is -0.505 e. The van der Waals surface area contributed by atoms with Gasteiger partial charge in [0.15, 0.2) is 11.4 Å². The van der Waals surface area contributed by atoms with E-state index in [-0.39, 0.29) is 32.8 Å². The Kier molecular flexibility index (Phi) is 8.41. The van der Waals surface area contributed by atoms with E-state index in [4.69, 9.17) is 5.26 Å². The Bertz CT molecular complexity index is 2270. The van der Waals surface area contributed by atoms with Gasteiger partial charge in [-0.1, -0.05) is 23.2 Å². The third-order valence-corrected chi connectivity index (χ3v) is 8.20. The van der Waals surface area contributed by atoms with Gasteiger partial charge in [0.05, 0.1) is 44.4 Å². The number of para-hydroxylation sites is 1. The Balaban J connectivity index is 1.33. The fourth-order valence-corrected chi connectivity index (χ4v) is 5.53. The molecule has 6 aromatic rings. The van der Waals surface area contributed by atoms with Crippen LogP contribution in [0.5, 0.6) is 11.6 Å². The molecule has 2 heterocycles. The fourth-order valence-electron chi connectivity index (χ4n) is 4.56. The van der Waals surface area contributed by atoms with Gasteiger partial charge in [-0.3, -0.25) is 9.54 Å². The lowest BCUT2D eigenvalue weighted by Crippen LogP contribution is -2.00. The molecule has 0 bridgehead atoms. The van der Waals surface area contributed by atoms with Crippen LogP contribution < -0.4 is 0 Å². The second-order valence-electron chi connectivity index (χ2n) is 9.59. The summed E-state index contributed by atoms with van der Waals surface area (Å²) in [5.74, 6) is -0.577. The molecule has 6 rings (SSSR count). The molecule has 0 saturated heterocycles. The highest BCUT2D eigenvalue weighted by Crippen LogP contribution is 2.45. The van der Waals surface area contributed by atoms with Gasteiger partial charge < -0.3 is 10.2 Å². The molecule has 0 spiro atoms. The van der Waals surface area contributed by atoms with Gasteiger partial charge in [-0.05, 0) is 73.0 Å². The molecule has 4 aromatic carbocycles. The van der Waals surface area contributed by atoms with Crippen molar-refractivity contribution in [2.45, 2.75) is 16.7 Å². The molecular weight excluding hydrogens is 638 g/mol. The maximum Gasteiger partial charge on any atom is 0.294 e. The van der Waals surface area contributed by atoms with Gasteiger partial charge >= 0.3 is 0 Å². The average Bonchev–Trinajstić information content (AvgIpc) is 3.34. The SMILES string of the molecule is Cc1nn(-c2ccc(S(=O)(=O)O)cc2)c(O)c1N=Nc1ccc2c(O)c(N=Nc3cccc4cccnc34)c(SOOO)cc2c1. The number of rotatable bonds is 9. The number of fused-ring (bicyclic) bond motifs is 2. The van der Waals surface area contributed by atoms with E-state index >= 15 is 0 Å². The van der Waals surface area contributed by atoms with E-state index in [2.05, 4.69) is 39.9 Å². The molecule has 0 radical (unpaired) electrons. The number of phenols is 1. The van der Waals surface area contributed by atoms with Gasteiger partial charge in [-0.15, -0.1) is 19.7 Å². The van der Waals surface area contributed by atoms with Crippen molar-refractivity contribution in [3.05, 3.63) is 90.8 Å². The van der Waals surface area contributed by atoms with E-state index in [9.17, 15) is 23.2 Å². The van der Waals surface area contributed by atoms with E-state index in [0.29, 0.717) is 51.1 Å². The number of aryl methyl sites for hydroxylation is 1. The monoisotopic (exact) mass is 659 g/mol. The summed E-state index contributed by atoms with van der Waals surface area (Å²) in [6, 6.07) is 20.6. The Labute approximate surface area is 263 Å². The first-order chi connectivity index (χ1) is 22.1. The second kappa shape index (κ2) is 12.6. The van der Waals surface area contributed by atoms with Crippen molar-refractivity contribution in [1.29, 1.82) is 0 Å². The number of hydrogen-bond donors (Lipinski definition) is 4. The standard InChI is InChI=1S/C29H21N7O8S2/c1-16-25(29(38)36(35-16)20-8-10-21(11-9-20)46(40,41)42)33-31-19-7-12-22-18(14-19)15-24(45-44-43-39)27(28(22)37)34-32-23-6-2-4-17-5-3-13-30-26(17)23/h2-15,37-39H,1H3,(H,40,41,42). The first-order valence-corrected chi connectivity index (χ1v) is 15.3. The van der Waals surface area contributed by atoms with E-state index in [1.54, 1.807) is 49.5 Å². The highest BCUT2D eigenvalue weighted by atomic mass is 32.2. The third kappa shape index (κ3) is 6.13. The lowest BCUT2D eigenvalue weighted by molar-refractivity contribution is -0.432. The van der Waals surface area contributed by atoms with E-state index in [0.717, 1.165) is 10.1 Å². The number of pyridine rings is 1. The van der Waals surface area contributed by atoms with Crippen molar-refractivity contribution in [3.63, 3.8) is 0 Å². The molecule has 0 atom stereocenters. The number of hydrogen-bond acceptors (Lipinski definition) is 14. The third-order valence-electron chi connectivity index (χ3n) is 6.71. The summed E-state index contributed by atoms with van der Waals surface area (Å²) < 4.78 is 37.7. The maximum atomic E-state index is 11.3. The molecule has 46 heavy (non-hydrogen) atoms. The fraction of sp³-hybridized carbons (Fsp3) is 0.0345. The van der Waals surface area contributed by atoms with Crippen LogP contribution >= 0.6 is 12.0 Å². The maximum absolute atomic E-state index is 11.3. The van der Waals surface area contributed by atoms with Crippen molar-refractivity contribution >= 4 is 66.6 Å². The number of benzene rings is 4. The Hall–Kier alpha value is -5.30. The summed E-state index contributed by atoms with van der Waals surface area (Å²) in [6.45, 7) is 1.60. The zero-order chi connectivity index (χ0) is 32.4. The lowest BCUT2D eigenvalue weighted by Gasteiger charge is -2.09. The lowest BCUT2D eigenvalue weighted by atomic mass is 10.1. The smallest absolute Gasteiger partial charge is 0.294 e. The quantitative estimate of drug-likeness (QED) is 0.0386. The van der Waals surface area contributed by atoms with Crippen LogP contribution in [0.2, 0.25) is 0 Å². The largest absolute Gasteiger partial charge is 0.505 e. The minimum absolute atomic E-state index is 0.0504. The van der Waals surface area contributed by atoms with Gasteiger partial charge in [0, 0.05) is 17.0 Å². The molecule has 0 fully saturated rings. The van der Waals surface area contributed by atoms with Crippen molar-refractivity contribution in [2.24, 2.45) is 20.5 Å². The molecule has 4 N–H and O–H groups in total. The topological polar surface area (TPSA) is 214 Å². The van der Waals surface area contributed by atoms with Crippen LogP contribution in [0.15, 0.2) is 115 Å². The van der Waals surface area contributed by atoms with Gasteiger partial charge in [0.2, 0.25) is 5.88 Å². The Morgan fingerprint density at radius 2 is 1.63 bits per heavy atom. The number of aromatic nitrogens is 3. The highest BCUT2D eigenvalue weighted by molar-refractivity contribution is 7.94. The molecule has 0 aliphatic carbocycles. The van der Waals surface area contributed by atoms with Crippen LogP contribution in [0.25, 0.3) is 27.4 Å². The summed E-state index contributed by atoms with van der Waals surface area (Å²) >= 11 is 0.591. The van der Waals surface area contributed by atoms with Gasteiger partial charge in [0.25, 0.3) is 10.1 Å². The first kappa shape index (κ1) is 30.7. The van der Waals surface area contributed by atoms with Crippen LogP contribution in [0, 0.1) is 6.92 Å². The number of azo groups is 2. The predicted octanol–water partition coefficient (Wildman–Crippen LogP) is 7.80. The predicted molar refractivity (Wildman–Crippen MR) is 166 cm³/mol. The zero-order valence-electron chi connectivity index (χ0n) is 23.5. The molecule has 0 aliphatic heterocycles. The van der Waals surface area contributed by atoms with Crippen LogP contribution in [0.4, 0.5) is 22.7 Å². The molecule has 0 saturated carbocycles. The number of phenolic OH excluding ortho intramolecular Hbond substituents is 1. The minimum atomic E-state index is -4.38. The number of nitrogens with zero attached hydrogens (tertiary/aromatic N) is 7.